The summed E-state index contributed by atoms with van der Waals surface area (Å²) in [4.78, 5) is 4.18. The largest absolute Gasteiger partial charge is 0.382 e. The molecule has 1 aromatic carbocycles. The molecule has 2 N–H and O–H groups in total. The van der Waals surface area contributed by atoms with Gasteiger partial charge in [0, 0.05) is 43.4 Å². The maximum atomic E-state index is 6.13. The Kier molecular flexibility index (Phi) is 13.1. The van der Waals surface area contributed by atoms with Crippen molar-refractivity contribution >= 4 is 53.1 Å². The number of benzene rings is 1. The van der Waals surface area contributed by atoms with Crippen molar-refractivity contribution in [3.63, 3.8) is 0 Å². The van der Waals surface area contributed by atoms with Crippen molar-refractivity contribution < 1.29 is 4.74 Å². The zero-order chi connectivity index (χ0) is 15.5. The smallest absolute Gasteiger partial charge is 0.191 e. The quantitative estimate of drug-likeness (QED) is 0.266. The molecule has 0 saturated heterocycles. The summed E-state index contributed by atoms with van der Waals surface area (Å²) in [6.07, 6.45) is 2.09. The van der Waals surface area contributed by atoms with Crippen LogP contribution in [0.1, 0.15) is 25.3 Å². The van der Waals surface area contributed by atoms with E-state index in [2.05, 4.69) is 15.6 Å². The normalized spacial score (nSPS) is 11.0. The standard InChI is InChI=1S/C15H23Cl2N3O.HI/c1-3-21-9-5-4-8-19-15(18-2)20-11-12-6-7-13(16)10-14(12)17;/h6-7,10H,3-5,8-9,11H2,1-2H3,(H2,18,19,20);1H. The molecule has 0 unspecified atom stereocenters. The molecule has 0 saturated carbocycles. The van der Waals surface area contributed by atoms with Crippen LogP contribution in [0.3, 0.4) is 0 Å². The average Bonchev–Trinajstić information content (AvgIpc) is 2.47. The Labute approximate surface area is 160 Å². The van der Waals surface area contributed by atoms with E-state index in [1.807, 2.05) is 19.1 Å². The summed E-state index contributed by atoms with van der Waals surface area (Å²) in [7, 11) is 1.75. The second-order valence-electron chi connectivity index (χ2n) is 4.49. The molecule has 0 atom stereocenters. The number of nitrogens with one attached hydrogen (secondary N) is 2. The van der Waals surface area contributed by atoms with Gasteiger partial charge in [0.2, 0.25) is 0 Å². The highest BCUT2D eigenvalue weighted by Gasteiger charge is 2.03. The van der Waals surface area contributed by atoms with Crippen molar-refractivity contribution in [3.8, 4) is 0 Å². The fourth-order valence-electron chi connectivity index (χ4n) is 1.74. The second kappa shape index (κ2) is 13.2. The predicted octanol–water partition coefficient (Wildman–Crippen LogP) is 4.09. The first kappa shape index (κ1) is 21.8. The van der Waals surface area contributed by atoms with Gasteiger partial charge in [-0.3, -0.25) is 4.99 Å². The summed E-state index contributed by atoms with van der Waals surface area (Å²) in [6, 6.07) is 5.48. The van der Waals surface area contributed by atoms with Crippen LogP contribution >= 0.6 is 47.2 Å². The fraction of sp³-hybridized carbons (Fsp3) is 0.533. The van der Waals surface area contributed by atoms with E-state index < -0.39 is 0 Å². The summed E-state index contributed by atoms with van der Waals surface area (Å²) in [5, 5.41) is 7.78. The van der Waals surface area contributed by atoms with Gasteiger partial charge >= 0.3 is 0 Å². The molecule has 0 amide bonds. The zero-order valence-electron chi connectivity index (χ0n) is 13.0. The molecular weight excluding hydrogens is 436 g/mol. The van der Waals surface area contributed by atoms with Crippen LogP contribution in [0.2, 0.25) is 10.0 Å². The summed E-state index contributed by atoms with van der Waals surface area (Å²) in [5.41, 5.74) is 0.986. The minimum Gasteiger partial charge on any atom is -0.382 e. The first-order valence-corrected chi connectivity index (χ1v) is 7.89. The molecule has 0 aliphatic heterocycles. The van der Waals surface area contributed by atoms with Crippen LogP contribution in [0.4, 0.5) is 0 Å². The van der Waals surface area contributed by atoms with Crippen LogP contribution in [-0.2, 0) is 11.3 Å². The van der Waals surface area contributed by atoms with Gasteiger partial charge < -0.3 is 15.4 Å². The summed E-state index contributed by atoms with van der Waals surface area (Å²) >= 11 is 12.0. The van der Waals surface area contributed by atoms with E-state index in [0.717, 1.165) is 44.1 Å². The number of hydrogen-bond donors (Lipinski definition) is 2. The lowest BCUT2D eigenvalue weighted by Gasteiger charge is -2.12. The third-order valence-electron chi connectivity index (χ3n) is 2.90. The first-order chi connectivity index (χ1) is 10.2. The van der Waals surface area contributed by atoms with Gasteiger partial charge in [-0.1, -0.05) is 29.3 Å². The number of unbranched alkanes of at least 4 members (excludes halogenated alkanes) is 1. The average molecular weight is 460 g/mol. The lowest BCUT2D eigenvalue weighted by molar-refractivity contribution is 0.143. The van der Waals surface area contributed by atoms with E-state index in [9.17, 15) is 0 Å². The maximum absolute atomic E-state index is 6.13. The Morgan fingerprint density at radius 3 is 2.64 bits per heavy atom. The number of hydrogen-bond acceptors (Lipinski definition) is 2. The van der Waals surface area contributed by atoms with Gasteiger partial charge in [0.05, 0.1) is 0 Å². The van der Waals surface area contributed by atoms with Crippen LogP contribution in [0.15, 0.2) is 23.2 Å². The molecule has 7 heteroatoms. The Balaban J connectivity index is 0.00000441. The lowest BCUT2D eigenvalue weighted by atomic mass is 10.2. The SMILES string of the molecule is CCOCCCCNC(=NC)NCc1ccc(Cl)cc1Cl.I. The molecule has 1 rings (SSSR count). The maximum Gasteiger partial charge on any atom is 0.191 e. The number of aliphatic imine (C=N–C) groups is 1. The van der Waals surface area contributed by atoms with Crippen LogP contribution in [-0.4, -0.2) is 32.8 Å². The van der Waals surface area contributed by atoms with Gasteiger partial charge in [-0.2, -0.15) is 0 Å². The molecule has 0 radical (unpaired) electrons. The molecule has 0 aliphatic rings. The highest BCUT2D eigenvalue weighted by Crippen LogP contribution is 2.20. The van der Waals surface area contributed by atoms with Crippen molar-refractivity contribution in [2.75, 3.05) is 26.8 Å². The van der Waals surface area contributed by atoms with Gasteiger partial charge in [-0.15, -0.1) is 24.0 Å². The minimum atomic E-state index is 0. The van der Waals surface area contributed by atoms with E-state index in [1.54, 1.807) is 13.1 Å². The summed E-state index contributed by atoms with van der Waals surface area (Å²) in [6.45, 7) is 5.06. The van der Waals surface area contributed by atoms with Gasteiger partial charge in [-0.25, -0.2) is 0 Å². The second-order valence-corrected chi connectivity index (χ2v) is 5.34. The molecule has 0 spiro atoms. The lowest BCUT2D eigenvalue weighted by Crippen LogP contribution is -2.37. The molecule has 126 valence electrons. The molecule has 0 heterocycles. The number of ether oxygens (including phenoxy) is 1. The van der Waals surface area contributed by atoms with Crippen molar-refractivity contribution in [2.45, 2.75) is 26.3 Å². The van der Waals surface area contributed by atoms with Crippen molar-refractivity contribution in [3.05, 3.63) is 33.8 Å². The van der Waals surface area contributed by atoms with Gasteiger partial charge in [-0.05, 0) is 37.5 Å². The van der Waals surface area contributed by atoms with Gasteiger partial charge in [0.25, 0.3) is 0 Å². The number of halogens is 3. The number of nitrogens with zero attached hydrogens (tertiary/aromatic N) is 1. The number of rotatable bonds is 8. The molecule has 0 bridgehead atoms. The molecule has 22 heavy (non-hydrogen) atoms. The fourth-order valence-corrected chi connectivity index (χ4v) is 2.22. The van der Waals surface area contributed by atoms with Crippen LogP contribution < -0.4 is 10.6 Å². The molecule has 0 aromatic heterocycles. The molecule has 4 nitrogen and oxygen atoms in total. The zero-order valence-corrected chi connectivity index (χ0v) is 16.8. The highest BCUT2D eigenvalue weighted by molar-refractivity contribution is 14.0. The van der Waals surface area contributed by atoms with Crippen LogP contribution in [0, 0.1) is 0 Å². The van der Waals surface area contributed by atoms with Crippen LogP contribution in [0.5, 0.6) is 0 Å². The van der Waals surface area contributed by atoms with Gasteiger partial charge in [0.1, 0.15) is 0 Å². The predicted molar refractivity (Wildman–Crippen MR) is 106 cm³/mol. The van der Waals surface area contributed by atoms with E-state index >= 15 is 0 Å². The summed E-state index contributed by atoms with van der Waals surface area (Å²) in [5.74, 6) is 0.762. The van der Waals surface area contributed by atoms with Gasteiger partial charge in [0.15, 0.2) is 5.96 Å². The Bertz CT molecular complexity index is 458. The van der Waals surface area contributed by atoms with E-state index in [-0.39, 0.29) is 24.0 Å². The monoisotopic (exact) mass is 459 g/mol. The molecular formula is C15H24Cl2IN3O. The first-order valence-electron chi connectivity index (χ1n) is 7.13. The Morgan fingerprint density at radius 1 is 1.23 bits per heavy atom. The van der Waals surface area contributed by atoms with E-state index in [0.29, 0.717) is 16.6 Å². The topological polar surface area (TPSA) is 45.6 Å². The third-order valence-corrected chi connectivity index (χ3v) is 3.48. The van der Waals surface area contributed by atoms with Crippen LogP contribution in [0.25, 0.3) is 0 Å². The third kappa shape index (κ3) is 9.02. The molecule has 1 aromatic rings. The Morgan fingerprint density at radius 2 is 2.00 bits per heavy atom. The minimum absolute atomic E-state index is 0. The molecule has 0 aliphatic carbocycles. The highest BCUT2D eigenvalue weighted by atomic mass is 127. The van der Waals surface area contributed by atoms with E-state index in [1.165, 1.54) is 0 Å². The molecule has 0 fully saturated rings. The van der Waals surface area contributed by atoms with Crippen molar-refractivity contribution in [1.29, 1.82) is 0 Å². The number of guanidine groups is 1. The van der Waals surface area contributed by atoms with Crippen molar-refractivity contribution in [2.24, 2.45) is 4.99 Å². The van der Waals surface area contributed by atoms with E-state index in [4.69, 9.17) is 27.9 Å². The summed E-state index contributed by atoms with van der Waals surface area (Å²) < 4.78 is 5.30. The van der Waals surface area contributed by atoms with Crippen molar-refractivity contribution in [1.82, 2.24) is 10.6 Å². The Hall–Kier alpha value is -0.240.